The number of hydrogen-bond acceptors (Lipinski definition) is 5. The van der Waals surface area contributed by atoms with Crippen molar-refractivity contribution in [3.05, 3.63) is 52.7 Å². The molecule has 0 N–H and O–H groups in total. The highest BCUT2D eigenvalue weighted by atomic mass is 35.5. The minimum Gasteiger partial charge on any atom is -0.497 e. The number of benzene rings is 1. The molecule has 1 saturated heterocycles. The molecular formula is C29H38ClF3N4O3. The van der Waals surface area contributed by atoms with E-state index in [1.807, 2.05) is 19.9 Å². The largest absolute Gasteiger partial charge is 0.497 e. The molecule has 0 saturated carbocycles. The Hall–Kier alpha value is -3.01. The van der Waals surface area contributed by atoms with E-state index in [1.165, 1.54) is 37.3 Å². The van der Waals surface area contributed by atoms with Gasteiger partial charge in [0.2, 0.25) is 5.91 Å². The van der Waals surface area contributed by atoms with Crippen LogP contribution in [0.1, 0.15) is 61.4 Å². The van der Waals surface area contributed by atoms with Crippen LogP contribution in [-0.4, -0.2) is 79.7 Å². The summed E-state index contributed by atoms with van der Waals surface area (Å²) < 4.78 is 46.7. The number of likely N-dealkylation sites (N-methyl/N-ethyl adjacent to an activating group) is 1. The van der Waals surface area contributed by atoms with E-state index < -0.39 is 18.0 Å². The lowest BCUT2D eigenvalue weighted by Crippen LogP contribution is -2.39. The normalized spacial score (nSPS) is 15.2. The number of methoxy groups -OCH3 is 1. The van der Waals surface area contributed by atoms with Gasteiger partial charge in [-0.25, -0.2) is 4.98 Å². The Kier molecular flexibility index (Phi) is 10.7. The molecule has 1 aliphatic rings. The lowest BCUT2D eigenvalue weighted by molar-refractivity contribution is -0.171. The van der Waals surface area contributed by atoms with Gasteiger partial charge in [0.1, 0.15) is 16.7 Å². The molecule has 2 heterocycles. The molecule has 3 rings (SSSR count). The monoisotopic (exact) mass is 582 g/mol. The Morgan fingerprint density at radius 3 is 2.40 bits per heavy atom. The van der Waals surface area contributed by atoms with Crippen LogP contribution in [0.5, 0.6) is 5.75 Å². The van der Waals surface area contributed by atoms with Gasteiger partial charge in [-0.15, -0.1) is 0 Å². The van der Waals surface area contributed by atoms with Crippen LogP contribution in [-0.2, 0) is 4.79 Å². The zero-order valence-corrected chi connectivity index (χ0v) is 24.4. The smallest absolute Gasteiger partial charge is 0.404 e. The van der Waals surface area contributed by atoms with Gasteiger partial charge in [0, 0.05) is 39.8 Å². The molecular weight excluding hydrogens is 545 g/mol. The molecule has 2 amide bonds. The first-order valence-electron chi connectivity index (χ1n) is 13.5. The van der Waals surface area contributed by atoms with Gasteiger partial charge in [0.25, 0.3) is 5.91 Å². The molecule has 1 fully saturated rings. The van der Waals surface area contributed by atoms with Gasteiger partial charge in [-0.05, 0) is 75.3 Å². The zero-order chi connectivity index (χ0) is 29.6. The maximum absolute atomic E-state index is 13.9. The number of nitrogens with zero attached hydrogens (tertiary/aromatic N) is 4. The van der Waals surface area contributed by atoms with Crippen LogP contribution >= 0.6 is 11.6 Å². The first-order chi connectivity index (χ1) is 18.8. The topological polar surface area (TPSA) is 66.0 Å². The van der Waals surface area contributed by atoms with Crippen LogP contribution in [0.2, 0.25) is 5.15 Å². The molecule has 1 aromatic heterocycles. The maximum atomic E-state index is 13.9. The fraction of sp³-hybridized carbons (Fsp3) is 0.552. The van der Waals surface area contributed by atoms with E-state index >= 15 is 0 Å². The Morgan fingerprint density at radius 2 is 1.82 bits per heavy atom. The summed E-state index contributed by atoms with van der Waals surface area (Å²) in [6.07, 6.45) is -1.51. The Labute approximate surface area is 239 Å². The van der Waals surface area contributed by atoms with Crippen molar-refractivity contribution in [3.63, 3.8) is 0 Å². The van der Waals surface area contributed by atoms with E-state index in [2.05, 4.69) is 9.88 Å². The number of piperidine rings is 1. The zero-order valence-electron chi connectivity index (χ0n) is 23.7. The lowest BCUT2D eigenvalue weighted by Gasteiger charge is -2.33. The van der Waals surface area contributed by atoms with Crippen molar-refractivity contribution >= 4 is 29.2 Å². The fourth-order valence-electron chi connectivity index (χ4n) is 4.88. The summed E-state index contributed by atoms with van der Waals surface area (Å²) in [5.74, 6) is -2.00. The van der Waals surface area contributed by atoms with E-state index in [-0.39, 0.29) is 35.0 Å². The molecule has 2 aromatic rings. The fourth-order valence-corrected chi connectivity index (χ4v) is 5.11. The number of amides is 2. The number of pyridine rings is 1. The lowest BCUT2D eigenvalue weighted by atomic mass is 9.92. The van der Waals surface area contributed by atoms with Crippen molar-refractivity contribution in [1.82, 2.24) is 14.8 Å². The molecule has 0 bridgehead atoms. The second-order valence-electron chi connectivity index (χ2n) is 10.6. The summed E-state index contributed by atoms with van der Waals surface area (Å²) in [6.45, 7) is 5.61. The van der Waals surface area contributed by atoms with Crippen LogP contribution in [0.3, 0.4) is 0 Å². The summed E-state index contributed by atoms with van der Waals surface area (Å²) in [5.41, 5.74) is 0.239. The summed E-state index contributed by atoms with van der Waals surface area (Å²) in [6, 6.07) is 9.13. The van der Waals surface area contributed by atoms with E-state index in [0.29, 0.717) is 23.7 Å². The minimum absolute atomic E-state index is 0.0409. The SMILES string of the molecule is COc1cccc(C(C(=O)N(C)CCCC2CCN(c3ccc(C(=O)N(C)C(C)C)c(Cl)n3)CC2)C(F)(F)F)c1. The van der Waals surface area contributed by atoms with Gasteiger partial charge in [-0.1, -0.05) is 23.7 Å². The predicted molar refractivity (Wildman–Crippen MR) is 150 cm³/mol. The van der Waals surface area contributed by atoms with Crippen molar-refractivity contribution in [1.29, 1.82) is 0 Å². The van der Waals surface area contributed by atoms with Gasteiger partial charge in [-0.2, -0.15) is 13.2 Å². The van der Waals surface area contributed by atoms with Crippen molar-refractivity contribution < 1.29 is 27.5 Å². The molecule has 1 atom stereocenters. The Bertz CT molecular complexity index is 1170. The molecule has 220 valence electrons. The third-order valence-corrected chi connectivity index (χ3v) is 7.87. The van der Waals surface area contributed by atoms with Gasteiger partial charge >= 0.3 is 6.18 Å². The number of aromatic nitrogens is 1. The van der Waals surface area contributed by atoms with E-state index in [9.17, 15) is 22.8 Å². The molecule has 0 aliphatic carbocycles. The summed E-state index contributed by atoms with van der Waals surface area (Å²) in [4.78, 5) is 34.8. The van der Waals surface area contributed by atoms with Crippen LogP contribution < -0.4 is 9.64 Å². The summed E-state index contributed by atoms with van der Waals surface area (Å²) >= 11 is 6.36. The average molecular weight is 583 g/mol. The maximum Gasteiger partial charge on any atom is 0.404 e. The van der Waals surface area contributed by atoms with E-state index in [0.717, 1.165) is 32.4 Å². The number of rotatable bonds is 10. The molecule has 1 aliphatic heterocycles. The van der Waals surface area contributed by atoms with Gasteiger partial charge in [0.15, 0.2) is 5.92 Å². The van der Waals surface area contributed by atoms with Gasteiger partial charge in [0.05, 0.1) is 12.7 Å². The second kappa shape index (κ2) is 13.6. The molecule has 40 heavy (non-hydrogen) atoms. The number of anilines is 1. The Morgan fingerprint density at radius 1 is 1.15 bits per heavy atom. The average Bonchev–Trinajstić information content (AvgIpc) is 2.91. The van der Waals surface area contributed by atoms with Crippen LogP contribution in [0.25, 0.3) is 0 Å². The number of ether oxygens (including phenoxy) is 1. The molecule has 1 unspecified atom stereocenters. The van der Waals surface area contributed by atoms with Crippen LogP contribution in [0.4, 0.5) is 19.0 Å². The molecule has 11 heteroatoms. The van der Waals surface area contributed by atoms with Gasteiger partial charge < -0.3 is 19.4 Å². The quantitative estimate of drug-likeness (QED) is 0.320. The highest BCUT2D eigenvalue weighted by Crippen LogP contribution is 2.37. The number of alkyl halides is 3. The number of carbonyl (C=O) groups is 2. The van der Waals surface area contributed by atoms with Crippen molar-refractivity contribution in [3.8, 4) is 5.75 Å². The van der Waals surface area contributed by atoms with E-state index in [1.54, 1.807) is 24.1 Å². The standard InChI is InChI=1S/C29H38ClF3N4O3/c1-19(2)36(4)27(38)23-11-12-24(34-26(23)30)37-16-13-20(14-17-37)8-7-15-35(3)28(39)25(29(31,32)33)21-9-6-10-22(18-21)40-5/h6,9-12,18-20,25H,7-8,13-17H2,1-5H3. The van der Waals surface area contributed by atoms with Gasteiger partial charge in [-0.3, -0.25) is 9.59 Å². The van der Waals surface area contributed by atoms with Crippen LogP contribution in [0.15, 0.2) is 36.4 Å². The number of carbonyl (C=O) groups excluding carboxylic acids is 2. The third-order valence-electron chi connectivity index (χ3n) is 7.58. The van der Waals surface area contributed by atoms with Crippen LogP contribution in [0, 0.1) is 5.92 Å². The first-order valence-corrected chi connectivity index (χ1v) is 13.9. The van der Waals surface area contributed by atoms with E-state index in [4.69, 9.17) is 16.3 Å². The number of halogens is 4. The van der Waals surface area contributed by atoms with Crippen molar-refractivity contribution in [2.75, 3.05) is 45.7 Å². The summed E-state index contributed by atoms with van der Waals surface area (Å²) in [5, 5.41) is 0.177. The van der Waals surface area contributed by atoms with Crippen molar-refractivity contribution in [2.45, 2.75) is 57.7 Å². The molecule has 0 radical (unpaired) electrons. The second-order valence-corrected chi connectivity index (χ2v) is 11.0. The molecule has 0 spiro atoms. The molecule has 7 nitrogen and oxygen atoms in total. The third kappa shape index (κ3) is 7.80. The highest BCUT2D eigenvalue weighted by Gasteiger charge is 2.47. The highest BCUT2D eigenvalue weighted by molar-refractivity contribution is 6.32. The minimum atomic E-state index is -4.71. The summed E-state index contributed by atoms with van der Waals surface area (Å²) in [7, 11) is 4.52. The number of hydrogen-bond donors (Lipinski definition) is 0. The first kappa shape index (κ1) is 31.5. The predicted octanol–water partition coefficient (Wildman–Crippen LogP) is 6.03. The molecule has 1 aromatic carbocycles. The van der Waals surface area contributed by atoms with Crippen molar-refractivity contribution in [2.24, 2.45) is 5.92 Å². The Balaban J connectivity index is 1.51.